The Labute approximate surface area is 147 Å². The van der Waals surface area contributed by atoms with Gasteiger partial charge in [-0.15, -0.1) is 11.3 Å². The number of amides is 2. The number of carbonyl (C=O) groups excluding carboxylic acids is 2. The molecule has 0 spiro atoms. The van der Waals surface area contributed by atoms with Crippen molar-refractivity contribution in [2.75, 3.05) is 11.1 Å². The number of fused-ring (bicyclic) bond motifs is 2. The molecule has 0 fully saturated rings. The van der Waals surface area contributed by atoms with Crippen LogP contribution in [0.5, 0.6) is 0 Å². The van der Waals surface area contributed by atoms with Crippen LogP contribution in [0.2, 0.25) is 0 Å². The number of para-hydroxylation sites is 1. The number of nitrogens with one attached hydrogen (secondary N) is 1. The maximum Gasteiger partial charge on any atom is 0.267 e. The van der Waals surface area contributed by atoms with E-state index in [2.05, 4.69) is 10.3 Å². The number of nitrogens with two attached hydrogens (primary N) is 2. The van der Waals surface area contributed by atoms with Gasteiger partial charge in [0, 0.05) is 11.1 Å². The molecule has 1 aliphatic carbocycles. The highest BCUT2D eigenvalue weighted by atomic mass is 32.1. The smallest absolute Gasteiger partial charge is 0.267 e. The lowest BCUT2D eigenvalue weighted by Crippen LogP contribution is -2.18. The lowest BCUT2D eigenvalue weighted by Gasteiger charge is -2.08. The van der Waals surface area contributed by atoms with Crippen LogP contribution in [0.25, 0.3) is 10.2 Å². The number of benzene rings is 1. The lowest BCUT2D eigenvalue weighted by molar-refractivity contribution is 0.100. The Hall–Kier alpha value is -2.93. The van der Waals surface area contributed by atoms with Crippen LogP contribution >= 0.6 is 11.3 Å². The molecule has 2 heterocycles. The van der Waals surface area contributed by atoms with Gasteiger partial charge in [0.25, 0.3) is 11.8 Å². The minimum Gasteiger partial charge on any atom is -0.397 e. The van der Waals surface area contributed by atoms with Gasteiger partial charge in [-0.3, -0.25) is 9.59 Å². The van der Waals surface area contributed by atoms with Crippen LogP contribution in [0, 0.1) is 0 Å². The fraction of sp³-hybridized carbons (Fsp3) is 0.167. The Balaban J connectivity index is 1.71. The summed E-state index contributed by atoms with van der Waals surface area (Å²) in [7, 11) is 0. The molecule has 0 bridgehead atoms. The van der Waals surface area contributed by atoms with E-state index in [0.29, 0.717) is 16.3 Å². The molecular formula is C18H16N4O2S. The Morgan fingerprint density at radius 3 is 2.80 bits per heavy atom. The molecule has 0 saturated carbocycles. The number of rotatable bonds is 3. The highest BCUT2D eigenvalue weighted by Crippen LogP contribution is 2.36. The maximum absolute atomic E-state index is 12.7. The van der Waals surface area contributed by atoms with Gasteiger partial charge in [0.2, 0.25) is 0 Å². The lowest BCUT2D eigenvalue weighted by atomic mass is 10.1. The number of aromatic nitrogens is 1. The number of carbonyl (C=O) groups is 2. The van der Waals surface area contributed by atoms with Crippen molar-refractivity contribution in [1.29, 1.82) is 0 Å². The second-order valence-electron chi connectivity index (χ2n) is 6.01. The first kappa shape index (κ1) is 15.6. The number of nitrogen functional groups attached to an aromatic ring is 1. The zero-order valence-electron chi connectivity index (χ0n) is 13.3. The molecule has 4 rings (SSSR count). The summed E-state index contributed by atoms with van der Waals surface area (Å²) in [6.45, 7) is 0. The second kappa shape index (κ2) is 5.86. The summed E-state index contributed by atoms with van der Waals surface area (Å²) in [5.41, 5.74) is 14.9. The topological polar surface area (TPSA) is 111 Å². The first-order chi connectivity index (χ1) is 12.0. The van der Waals surface area contributed by atoms with Gasteiger partial charge in [-0.25, -0.2) is 4.98 Å². The van der Waals surface area contributed by atoms with Crippen LogP contribution in [0.4, 0.5) is 11.4 Å². The van der Waals surface area contributed by atoms with Crippen molar-refractivity contribution in [3.05, 3.63) is 52.0 Å². The average Bonchev–Trinajstić information content (AvgIpc) is 3.17. The summed E-state index contributed by atoms with van der Waals surface area (Å²) in [4.78, 5) is 30.0. The SMILES string of the molecule is NC(=O)c1ccccc1NC(=O)c1sc2nc3c(cc2c1N)CCC3. The minimum absolute atomic E-state index is 0.257. The summed E-state index contributed by atoms with van der Waals surface area (Å²) in [6, 6.07) is 8.66. The molecule has 3 aromatic rings. The van der Waals surface area contributed by atoms with Gasteiger partial charge in [-0.1, -0.05) is 12.1 Å². The molecule has 7 heteroatoms. The zero-order chi connectivity index (χ0) is 17.6. The van der Waals surface area contributed by atoms with Crippen molar-refractivity contribution in [1.82, 2.24) is 4.98 Å². The monoisotopic (exact) mass is 352 g/mol. The van der Waals surface area contributed by atoms with Crippen molar-refractivity contribution < 1.29 is 9.59 Å². The van der Waals surface area contributed by atoms with Gasteiger partial charge >= 0.3 is 0 Å². The fourth-order valence-corrected chi connectivity index (χ4v) is 4.14. The molecule has 1 aliphatic rings. The van der Waals surface area contributed by atoms with Crippen LogP contribution in [0.1, 0.15) is 37.7 Å². The highest BCUT2D eigenvalue weighted by Gasteiger charge is 2.22. The minimum atomic E-state index is -0.599. The quantitative estimate of drug-likeness (QED) is 0.673. The summed E-state index contributed by atoms with van der Waals surface area (Å²) in [5.74, 6) is -0.965. The Morgan fingerprint density at radius 1 is 1.20 bits per heavy atom. The van der Waals surface area contributed by atoms with Crippen molar-refractivity contribution in [3.8, 4) is 0 Å². The number of aryl methyl sites for hydroxylation is 2. The summed E-state index contributed by atoms with van der Waals surface area (Å²) in [5, 5.41) is 3.55. The van der Waals surface area contributed by atoms with E-state index in [1.165, 1.54) is 16.9 Å². The van der Waals surface area contributed by atoms with E-state index in [0.717, 1.165) is 35.2 Å². The molecule has 2 aromatic heterocycles. The van der Waals surface area contributed by atoms with Crippen molar-refractivity contribution >= 4 is 44.7 Å². The number of hydrogen-bond donors (Lipinski definition) is 3. The van der Waals surface area contributed by atoms with Crippen LogP contribution in [0.15, 0.2) is 30.3 Å². The van der Waals surface area contributed by atoms with Crippen LogP contribution in [-0.4, -0.2) is 16.8 Å². The predicted molar refractivity (Wildman–Crippen MR) is 99.0 cm³/mol. The number of primary amides is 1. The molecule has 1 aromatic carbocycles. The van der Waals surface area contributed by atoms with E-state index in [9.17, 15) is 9.59 Å². The van der Waals surface area contributed by atoms with Crippen LogP contribution in [-0.2, 0) is 12.8 Å². The molecule has 25 heavy (non-hydrogen) atoms. The number of thiophene rings is 1. The van der Waals surface area contributed by atoms with E-state index >= 15 is 0 Å². The molecule has 0 atom stereocenters. The molecular weight excluding hydrogens is 336 g/mol. The average molecular weight is 352 g/mol. The fourth-order valence-electron chi connectivity index (χ4n) is 3.15. The predicted octanol–water partition coefficient (Wildman–Crippen LogP) is 2.72. The van der Waals surface area contributed by atoms with E-state index in [4.69, 9.17) is 11.5 Å². The summed E-state index contributed by atoms with van der Waals surface area (Å²) >= 11 is 1.27. The first-order valence-electron chi connectivity index (χ1n) is 7.95. The van der Waals surface area contributed by atoms with E-state index in [1.54, 1.807) is 24.3 Å². The van der Waals surface area contributed by atoms with Gasteiger partial charge in [0.15, 0.2) is 0 Å². The van der Waals surface area contributed by atoms with Crippen molar-refractivity contribution in [2.45, 2.75) is 19.3 Å². The second-order valence-corrected chi connectivity index (χ2v) is 7.01. The largest absolute Gasteiger partial charge is 0.397 e. The Kier molecular flexibility index (Phi) is 3.65. The maximum atomic E-state index is 12.7. The van der Waals surface area contributed by atoms with E-state index in [-0.39, 0.29) is 11.5 Å². The number of nitrogens with zero attached hydrogens (tertiary/aromatic N) is 1. The standard InChI is InChI=1S/C18H16N4O2S/c19-14-11-8-9-4-3-7-12(9)22-18(11)25-15(14)17(24)21-13-6-2-1-5-10(13)16(20)23/h1-2,5-6,8H,3-4,7,19H2,(H2,20,23)(H,21,24). The van der Waals surface area contributed by atoms with Gasteiger partial charge < -0.3 is 16.8 Å². The van der Waals surface area contributed by atoms with Gasteiger partial charge in [0.05, 0.1) is 16.9 Å². The van der Waals surface area contributed by atoms with Crippen LogP contribution < -0.4 is 16.8 Å². The highest BCUT2D eigenvalue weighted by molar-refractivity contribution is 7.21. The molecule has 126 valence electrons. The Bertz CT molecular complexity index is 1030. The molecule has 6 nitrogen and oxygen atoms in total. The third kappa shape index (κ3) is 2.62. The molecule has 0 radical (unpaired) electrons. The molecule has 5 N–H and O–H groups in total. The normalized spacial score (nSPS) is 13.0. The van der Waals surface area contributed by atoms with Crippen molar-refractivity contribution in [2.24, 2.45) is 5.73 Å². The molecule has 2 amide bonds. The van der Waals surface area contributed by atoms with Crippen molar-refractivity contribution in [3.63, 3.8) is 0 Å². The van der Waals surface area contributed by atoms with E-state index < -0.39 is 5.91 Å². The first-order valence-corrected chi connectivity index (χ1v) is 8.77. The molecule has 0 saturated heterocycles. The molecule has 0 aliphatic heterocycles. The van der Waals surface area contributed by atoms with E-state index in [1.807, 2.05) is 6.07 Å². The molecule has 0 unspecified atom stereocenters. The third-order valence-electron chi connectivity index (χ3n) is 4.40. The number of anilines is 2. The Morgan fingerprint density at radius 2 is 2.00 bits per heavy atom. The summed E-state index contributed by atoms with van der Waals surface area (Å²) in [6.07, 6.45) is 3.08. The van der Waals surface area contributed by atoms with Gasteiger partial charge in [-0.05, 0) is 43.0 Å². The van der Waals surface area contributed by atoms with Crippen LogP contribution in [0.3, 0.4) is 0 Å². The number of pyridine rings is 1. The third-order valence-corrected chi connectivity index (χ3v) is 5.51. The van der Waals surface area contributed by atoms with Gasteiger partial charge in [-0.2, -0.15) is 0 Å². The van der Waals surface area contributed by atoms with Gasteiger partial charge in [0.1, 0.15) is 9.71 Å². The zero-order valence-corrected chi connectivity index (χ0v) is 14.2. The number of hydrogen-bond acceptors (Lipinski definition) is 5. The summed E-state index contributed by atoms with van der Waals surface area (Å²) < 4.78 is 0.